The SMILES string of the molecule is CC(C)(C)OC(=O)N[C@@H](Cc1ccc(I)c(Cl)c1)c1ncc(-c2ccccc2)n1C(=O)O. The molecular weight excluding hydrogens is 545 g/mol. The average Bonchev–Trinajstić information content (AvgIpc) is 3.15. The molecule has 0 saturated heterocycles. The smallest absolute Gasteiger partial charge is 0.417 e. The zero-order valence-electron chi connectivity index (χ0n) is 17.8. The Labute approximate surface area is 204 Å². The zero-order valence-corrected chi connectivity index (χ0v) is 20.7. The first-order chi connectivity index (χ1) is 15.0. The lowest BCUT2D eigenvalue weighted by Gasteiger charge is -2.24. The third-order valence-corrected chi connectivity index (χ3v) is 6.05. The molecule has 0 spiro atoms. The van der Waals surface area contributed by atoms with E-state index in [0.717, 1.165) is 13.7 Å². The molecule has 3 aromatic rings. The molecule has 1 aromatic heterocycles. The number of imidazole rings is 1. The molecule has 1 atom stereocenters. The summed E-state index contributed by atoms with van der Waals surface area (Å²) in [6.07, 6.45) is -0.106. The van der Waals surface area contributed by atoms with Gasteiger partial charge in [0.15, 0.2) is 0 Å². The first kappa shape index (κ1) is 24.1. The number of hydrogen-bond acceptors (Lipinski definition) is 4. The second-order valence-corrected chi connectivity index (χ2v) is 9.71. The zero-order chi connectivity index (χ0) is 23.5. The Morgan fingerprint density at radius 3 is 2.50 bits per heavy atom. The Morgan fingerprint density at radius 1 is 1.22 bits per heavy atom. The largest absolute Gasteiger partial charge is 0.464 e. The molecule has 1 amide bonds. The van der Waals surface area contributed by atoms with Crippen molar-refractivity contribution in [2.24, 2.45) is 0 Å². The van der Waals surface area contributed by atoms with Crippen LogP contribution in [0.2, 0.25) is 5.02 Å². The molecule has 0 radical (unpaired) electrons. The summed E-state index contributed by atoms with van der Waals surface area (Å²) in [7, 11) is 0. The molecule has 0 saturated carbocycles. The van der Waals surface area contributed by atoms with E-state index < -0.39 is 23.8 Å². The Kier molecular flexibility index (Phi) is 7.45. The number of carboxylic acid groups (broad SMARTS) is 1. The molecule has 3 rings (SSSR count). The number of benzene rings is 2. The number of nitrogens with zero attached hydrogens (tertiary/aromatic N) is 2. The lowest BCUT2D eigenvalue weighted by Crippen LogP contribution is -2.37. The third-order valence-electron chi connectivity index (χ3n) is 4.48. The van der Waals surface area contributed by atoms with Crippen molar-refractivity contribution in [1.82, 2.24) is 14.9 Å². The number of carbonyl (C=O) groups is 2. The highest BCUT2D eigenvalue weighted by molar-refractivity contribution is 14.1. The van der Waals surface area contributed by atoms with Crippen LogP contribution < -0.4 is 5.32 Å². The number of rotatable bonds is 5. The third kappa shape index (κ3) is 6.01. The molecular formula is C23H23ClIN3O4. The predicted octanol–water partition coefficient (Wildman–Crippen LogP) is 6.14. The first-order valence-corrected chi connectivity index (χ1v) is 11.3. The lowest BCUT2D eigenvalue weighted by molar-refractivity contribution is 0.0499. The van der Waals surface area contributed by atoms with Crippen molar-refractivity contribution in [2.75, 3.05) is 0 Å². The maximum atomic E-state index is 12.6. The topological polar surface area (TPSA) is 93.5 Å². The van der Waals surface area contributed by atoms with Crippen LogP contribution in [0.1, 0.15) is 38.2 Å². The number of carbonyl (C=O) groups excluding carboxylic acids is 1. The summed E-state index contributed by atoms with van der Waals surface area (Å²) < 4.78 is 7.38. The molecule has 2 N–H and O–H groups in total. The highest BCUT2D eigenvalue weighted by Gasteiger charge is 2.28. The van der Waals surface area contributed by atoms with Gasteiger partial charge in [-0.05, 0) is 61.1 Å². The van der Waals surface area contributed by atoms with Crippen LogP contribution in [0.4, 0.5) is 9.59 Å². The minimum atomic E-state index is -1.20. The van der Waals surface area contributed by atoms with Gasteiger partial charge in [0.2, 0.25) is 0 Å². The van der Waals surface area contributed by atoms with E-state index in [9.17, 15) is 14.7 Å². The summed E-state index contributed by atoms with van der Waals surface area (Å²) >= 11 is 8.40. The van der Waals surface area contributed by atoms with E-state index in [2.05, 4.69) is 32.9 Å². The van der Waals surface area contributed by atoms with Crippen molar-refractivity contribution in [1.29, 1.82) is 0 Å². The second kappa shape index (κ2) is 9.91. The van der Waals surface area contributed by atoms with E-state index in [-0.39, 0.29) is 12.2 Å². The molecule has 0 aliphatic carbocycles. The number of hydrogen-bond donors (Lipinski definition) is 2. The van der Waals surface area contributed by atoms with Crippen LogP contribution in [0.25, 0.3) is 11.3 Å². The second-order valence-electron chi connectivity index (χ2n) is 8.14. The molecule has 0 aliphatic heterocycles. The maximum absolute atomic E-state index is 12.6. The average molecular weight is 568 g/mol. The van der Waals surface area contributed by atoms with E-state index in [1.807, 2.05) is 30.3 Å². The van der Waals surface area contributed by atoms with Crippen molar-refractivity contribution < 1.29 is 19.4 Å². The predicted molar refractivity (Wildman–Crippen MR) is 131 cm³/mol. The summed E-state index contributed by atoms with van der Waals surface area (Å²) in [5, 5.41) is 13.3. The van der Waals surface area contributed by atoms with E-state index in [1.165, 1.54) is 6.20 Å². The fourth-order valence-corrected chi connectivity index (χ4v) is 3.72. The fourth-order valence-electron chi connectivity index (χ4n) is 3.18. The van der Waals surface area contributed by atoms with Crippen LogP contribution in [0.5, 0.6) is 0 Å². The van der Waals surface area contributed by atoms with Gasteiger partial charge in [0.1, 0.15) is 11.4 Å². The van der Waals surface area contributed by atoms with Gasteiger partial charge in [0, 0.05) is 15.6 Å². The van der Waals surface area contributed by atoms with Gasteiger partial charge in [-0.2, -0.15) is 0 Å². The first-order valence-electron chi connectivity index (χ1n) is 9.85. The summed E-state index contributed by atoms with van der Waals surface area (Å²) in [5.41, 5.74) is 1.21. The Morgan fingerprint density at radius 2 is 1.91 bits per heavy atom. The van der Waals surface area contributed by atoms with Crippen LogP contribution in [0.3, 0.4) is 0 Å². The molecule has 0 bridgehead atoms. The van der Waals surface area contributed by atoms with Gasteiger partial charge in [-0.25, -0.2) is 19.1 Å². The van der Waals surface area contributed by atoms with Gasteiger partial charge >= 0.3 is 12.2 Å². The molecule has 2 aromatic carbocycles. The molecule has 0 aliphatic rings. The van der Waals surface area contributed by atoms with Crippen molar-refractivity contribution in [3.8, 4) is 11.3 Å². The van der Waals surface area contributed by atoms with Crippen molar-refractivity contribution >= 4 is 46.4 Å². The van der Waals surface area contributed by atoms with Crippen molar-refractivity contribution in [3.63, 3.8) is 0 Å². The van der Waals surface area contributed by atoms with Gasteiger partial charge < -0.3 is 15.2 Å². The number of ether oxygens (including phenoxy) is 1. The highest BCUT2D eigenvalue weighted by atomic mass is 127. The Balaban J connectivity index is 2.04. The number of aromatic nitrogens is 2. The molecule has 0 fully saturated rings. The standard InChI is InChI=1S/C23H23ClIN3O4/c1-23(2,3)32-21(29)27-18(12-14-9-10-17(25)16(24)11-14)20-26-13-19(28(20)22(30)31)15-7-5-4-6-8-15/h4-11,13,18H,12H2,1-3H3,(H,27,29)(H,30,31)/t18-/m0/s1. The minimum absolute atomic E-state index is 0.178. The quantitative estimate of drug-likeness (QED) is 0.361. The van der Waals surface area contributed by atoms with Crippen molar-refractivity contribution in [2.45, 2.75) is 38.8 Å². The Bertz CT molecular complexity index is 1130. The number of amides is 1. The normalized spacial score (nSPS) is 12.3. The van der Waals surface area contributed by atoms with Crippen LogP contribution in [0.15, 0.2) is 54.7 Å². The number of alkyl carbamates (subject to hydrolysis) is 1. The highest BCUT2D eigenvalue weighted by Crippen LogP contribution is 2.27. The number of nitrogens with one attached hydrogen (secondary N) is 1. The van der Waals surface area contributed by atoms with Gasteiger partial charge in [-0.3, -0.25) is 0 Å². The van der Waals surface area contributed by atoms with Crippen molar-refractivity contribution in [3.05, 3.63) is 74.7 Å². The van der Waals surface area contributed by atoms with Gasteiger partial charge in [-0.1, -0.05) is 48.0 Å². The number of halogens is 2. The summed E-state index contributed by atoms with van der Waals surface area (Å²) in [5.74, 6) is 0.178. The summed E-state index contributed by atoms with van der Waals surface area (Å²) in [4.78, 5) is 29.1. The molecule has 0 unspecified atom stereocenters. The monoisotopic (exact) mass is 567 g/mol. The van der Waals surface area contributed by atoms with Gasteiger partial charge in [0.05, 0.1) is 23.0 Å². The molecule has 9 heteroatoms. The van der Waals surface area contributed by atoms with Crippen LogP contribution in [-0.2, 0) is 11.2 Å². The van der Waals surface area contributed by atoms with Gasteiger partial charge in [0.25, 0.3) is 0 Å². The molecule has 32 heavy (non-hydrogen) atoms. The fraction of sp³-hybridized carbons (Fsp3) is 0.261. The molecule has 168 valence electrons. The molecule has 1 heterocycles. The minimum Gasteiger partial charge on any atom is -0.464 e. The van der Waals surface area contributed by atoms with E-state index in [1.54, 1.807) is 39.0 Å². The van der Waals surface area contributed by atoms with Crippen LogP contribution >= 0.6 is 34.2 Å². The summed E-state index contributed by atoms with van der Waals surface area (Å²) in [6, 6.07) is 13.8. The van der Waals surface area contributed by atoms with E-state index in [4.69, 9.17) is 16.3 Å². The van der Waals surface area contributed by atoms with Crippen LogP contribution in [-0.4, -0.2) is 32.4 Å². The Hall–Kier alpha value is -2.59. The van der Waals surface area contributed by atoms with E-state index in [0.29, 0.717) is 16.3 Å². The molecule has 7 nitrogen and oxygen atoms in total. The maximum Gasteiger partial charge on any atom is 0.417 e. The van der Waals surface area contributed by atoms with E-state index >= 15 is 0 Å². The van der Waals surface area contributed by atoms with Gasteiger partial charge in [-0.15, -0.1) is 0 Å². The summed E-state index contributed by atoms with van der Waals surface area (Å²) in [6.45, 7) is 5.27. The van der Waals surface area contributed by atoms with Crippen LogP contribution in [0, 0.1) is 3.57 Å². The lowest BCUT2D eigenvalue weighted by atomic mass is 10.1.